The number of carbonyl (C=O) groups excluding carboxylic acids is 1. The third-order valence-electron chi connectivity index (χ3n) is 2.21. The predicted octanol–water partition coefficient (Wildman–Crippen LogP) is 1.63. The summed E-state index contributed by atoms with van der Waals surface area (Å²) in [5.74, 6) is 0. The molecule has 0 aliphatic rings. The average Bonchev–Trinajstić information content (AvgIpc) is 2.29. The molecule has 0 fully saturated rings. The number of benzene rings is 1. The topological polar surface area (TPSA) is 41.6 Å². The zero-order valence-electron chi connectivity index (χ0n) is 9.64. The van der Waals surface area contributed by atoms with Crippen molar-refractivity contribution in [1.29, 1.82) is 0 Å². The summed E-state index contributed by atoms with van der Waals surface area (Å²) in [6, 6.07) is 9.43. The summed E-state index contributed by atoms with van der Waals surface area (Å²) < 4.78 is 0. The van der Waals surface area contributed by atoms with Gasteiger partial charge in [0.15, 0.2) is 0 Å². The first-order valence-electron chi connectivity index (χ1n) is 5.09. The van der Waals surface area contributed by atoms with Gasteiger partial charge in [0.05, 0.1) is 7.11 Å². The van der Waals surface area contributed by atoms with Crippen LogP contribution in [0, 0.1) is 6.92 Å². The molecule has 2 amide bonds. The molecule has 0 heterocycles. The summed E-state index contributed by atoms with van der Waals surface area (Å²) in [6.07, 6.45) is 0.699. The maximum Gasteiger partial charge on any atom is 0.341 e. The van der Waals surface area contributed by atoms with Crippen LogP contribution in [0.3, 0.4) is 0 Å². The summed E-state index contributed by atoms with van der Waals surface area (Å²) in [7, 11) is 2.99. The second-order valence-corrected chi connectivity index (χ2v) is 3.52. The number of rotatable bonds is 4. The van der Waals surface area contributed by atoms with Gasteiger partial charge in [0.25, 0.3) is 0 Å². The van der Waals surface area contributed by atoms with Crippen molar-refractivity contribution in [2.75, 3.05) is 14.2 Å². The van der Waals surface area contributed by atoms with E-state index >= 15 is 0 Å². The molecule has 1 aromatic rings. The Morgan fingerprint density at radius 2 is 2.12 bits per heavy atom. The molecule has 0 saturated heterocycles. The number of amides is 2. The van der Waals surface area contributed by atoms with E-state index in [2.05, 4.69) is 12.2 Å². The lowest BCUT2D eigenvalue weighted by atomic mass is 10.1. The van der Waals surface area contributed by atoms with E-state index in [1.54, 1.807) is 7.05 Å². The third kappa shape index (κ3) is 3.90. The number of carbonyl (C=O) groups is 1. The molecular weight excluding hydrogens is 204 g/mol. The summed E-state index contributed by atoms with van der Waals surface area (Å²) in [5, 5.41) is 3.86. The van der Waals surface area contributed by atoms with Crippen molar-refractivity contribution >= 4 is 6.03 Å². The van der Waals surface area contributed by atoms with Gasteiger partial charge >= 0.3 is 6.03 Å². The summed E-state index contributed by atoms with van der Waals surface area (Å²) in [4.78, 5) is 16.2. The van der Waals surface area contributed by atoms with E-state index in [0.717, 1.165) is 10.6 Å². The van der Waals surface area contributed by atoms with E-state index in [1.165, 1.54) is 7.11 Å². The molecule has 0 saturated carbocycles. The molecule has 0 spiro atoms. The maximum absolute atomic E-state index is 11.4. The Balaban J connectivity index is 2.42. The Hall–Kier alpha value is -1.55. The van der Waals surface area contributed by atoms with E-state index in [-0.39, 0.29) is 12.1 Å². The largest absolute Gasteiger partial charge is 0.341 e. The van der Waals surface area contributed by atoms with Crippen LogP contribution in [-0.4, -0.2) is 31.3 Å². The number of hydrogen-bond acceptors (Lipinski definition) is 2. The number of nitrogens with one attached hydrogen (secondary N) is 1. The van der Waals surface area contributed by atoms with E-state index in [9.17, 15) is 4.79 Å². The monoisotopic (exact) mass is 221 g/mol. The second kappa shape index (κ2) is 6.12. The summed E-state index contributed by atoms with van der Waals surface area (Å²) >= 11 is 0. The van der Waals surface area contributed by atoms with Crippen LogP contribution in [0.5, 0.6) is 0 Å². The van der Waals surface area contributed by atoms with Gasteiger partial charge in [-0.1, -0.05) is 30.3 Å². The van der Waals surface area contributed by atoms with Crippen LogP contribution in [0.1, 0.15) is 5.56 Å². The molecule has 1 N–H and O–H groups in total. The fraction of sp³-hybridized carbons (Fsp3) is 0.333. The second-order valence-electron chi connectivity index (χ2n) is 3.52. The van der Waals surface area contributed by atoms with Crippen LogP contribution in [0.4, 0.5) is 4.79 Å². The molecule has 4 heteroatoms. The molecule has 0 aromatic heterocycles. The lowest BCUT2D eigenvalue weighted by Crippen LogP contribution is -2.42. The van der Waals surface area contributed by atoms with Crippen molar-refractivity contribution < 1.29 is 9.63 Å². The molecule has 0 aliphatic heterocycles. The first kappa shape index (κ1) is 12.5. The Kier molecular flexibility index (Phi) is 4.79. The van der Waals surface area contributed by atoms with Crippen molar-refractivity contribution in [2.24, 2.45) is 0 Å². The normalized spacial score (nSPS) is 11.9. The van der Waals surface area contributed by atoms with Crippen LogP contribution >= 0.6 is 0 Å². The number of urea groups is 1. The van der Waals surface area contributed by atoms with Crippen molar-refractivity contribution in [2.45, 2.75) is 12.5 Å². The smallest absolute Gasteiger partial charge is 0.333 e. The summed E-state index contributed by atoms with van der Waals surface area (Å²) in [5.41, 5.74) is 1.14. The van der Waals surface area contributed by atoms with Crippen LogP contribution < -0.4 is 5.32 Å². The fourth-order valence-corrected chi connectivity index (χ4v) is 1.30. The van der Waals surface area contributed by atoms with E-state index in [1.807, 2.05) is 30.3 Å². The quantitative estimate of drug-likeness (QED) is 0.785. The first-order chi connectivity index (χ1) is 7.63. The highest BCUT2D eigenvalue weighted by Gasteiger charge is 2.11. The van der Waals surface area contributed by atoms with Gasteiger partial charge in [0.1, 0.15) is 0 Å². The molecule has 1 rings (SSSR count). The fourth-order valence-electron chi connectivity index (χ4n) is 1.30. The van der Waals surface area contributed by atoms with Gasteiger partial charge in [0, 0.05) is 13.1 Å². The molecule has 4 nitrogen and oxygen atoms in total. The van der Waals surface area contributed by atoms with Gasteiger partial charge in [0.2, 0.25) is 0 Å². The molecule has 0 unspecified atom stereocenters. The Morgan fingerprint density at radius 1 is 1.50 bits per heavy atom. The highest BCUT2D eigenvalue weighted by molar-refractivity contribution is 5.73. The van der Waals surface area contributed by atoms with Gasteiger partial charge in [-0.25, -0.2) is 9.86 Å². The third-order valence-corrected chi connectivity index (χ3v) is 2.21. The zero-order chi connectivity index (χ0) is 12.0. The molecular formula is C12H17N2O2. The zero-order valence-corrected chi connectivity index (χ0v) is 9.64. The van der Waals surface area contributed by atoms with Crippen LogP contribution in [0.2, 0.25) is 0 Å². The molecule has 0 bridgehead atoms. The number of hydroxylamine groups is 2. The molecule has 0 aliphatic carbocycles. The Morgan fingerprint density at radius 3 is 2.69 bits per heavy atom. The summed E-state index contributed by atoms with van der Waals surface area (Å²) in [6.45, 7) is 3.88. The Labute approximate surface area is 96.2 Å². The minimum Gasteiger partial charge on any atom is -0.333 e. The first-order valence-corrected chi connectivity index (χ1v) is 5.09. The Bertz CT molecular complexity index is 327. The lowest BCUT2D eigenvalue weighted by molar-refractivity contribution is -0.0652. The van der Waals surface area contributed by atoms with Gasteiger partial charge in [-0.3, -0.25) is 4.84 Å². The van der Waals surface area contributed by atoms with Gasteiger partial charge in [-0.15, -0.1) is 0 Å². The van der Waals surface area contributed by atoms with Crippen molar-refractivity contribution in [1.82, 2.24) is 10.4 Å². The highest BCUT2D eigenvalue weighted by atomic mass is 16.7. The van der Waals surface area contributed by atoms with Crippen LogP contribution in [0.15, 0.2) is 30.3 Å². The minimum absolute atomic E-state index is 0.174. The maximum atomic E-state index is 11.4. The average molecular weight is 221 g/mol. The van der Waals surface area contributed by atoms with Crippen molar-refractivity contribution in [3.8, 4) is 0 Å². The molecule has 16 heavy (non-hydrogen) atoms. The van der Waals surface area contributed by atoms with E-state index in [0.29, 0.717) is 6.42 Å². The van der Waals surface area contributed by atoms with Gasteiger partial charge in [-0.05, 0) is 18.9 Å². The standard InChI is InChI=1S/C12H17N2O2/c1-10(13-12(15)14(2)16-3)9-11-7-5-4-6-8-11/h4-8,10H,1,9H2,2-3H3,(H,13,15)/t10-/m0/s1. The van der Waals surface area contributed by atoms with Crippen LogP contribution in [-0.2, 0) is 11.3 Å². The minimum atomic E-state index is -0.293. The molecule has 1 aromatic carbocycles. The van der Waals surface area contributed by atoms with E-state index in [4.69, 9.17) is 4.84 Å². The number of nitrogens with zero attached hydrogens (tertiary/aromatic N) is 1. The molecule has 1 radical (unpaired) electrons. The van der Waals surface area contributed by atoms with E-state index < -0.39 is 0 Å². The lowest BCUT2D eigenvalue weighted by Gasteiger charge is -2.19. The van der Waals surface area contributed by atoms with Gasteiger partial charge < -0.3 is 5.32 Å². The SMILES string of the molecule is [CH2][C@@H](Cc1ccccc1)NC(=O)N(C)OC. The van der Waals surface area contributed by atoms with Crippen molar-refractivity contribution in [3.63, 3.8) is 0 Å². The molecule has 87 valence electrons. The molecule has 1 atom stereocenters. The number of hydrogen-bond donors (Lipinski definition) is 1. The highest BCUT2D eigenvalue weighted by Crippen LogP contribution is 2.02. The van der Waals surface area contributed by atoms with Crippen LogP contribution in [0.25, 0.3) is 0 Å². The predicted molar refractivity (Wildman–Crippen MR) is 62.6 cm³/mol. The van der Waals surface area contributed by atoms with Crippen molar-refractivity contribution in [3.05, 3.63) is 42.8 Å². The van der Waals surface area contributed by atoms with Gasteiger partial charge in [-0.2, -0.15) is 0 Å².